The van der Waals surface area contributed by atoms with Gasteiger partial charge in [0.25, 0.3) is 5.91 Å². The molecular weight excluding hydrogens is 338 g/mol. The van der Waals surface area contributed by atoms with Crippen LogP contribution in [0.25, 0.3) is 5.69 Å². The molecule has 1 aliphatic rings. The van der Waals surface area contributed by atoms with E-state index in [2.05, 4.69) is 23.4 Å². The van der Waals surface area contributed by atoms with Crippen molar-refractivity contribution in [3.05, 3.63) is 47.3 Å². The van der Waals surface area contributed by atoms with Gasteiger partial charge in [-0.3, -0.25) is 4.79 Å². The van der Waals surface area contributed by atoms with Gasteiger partial charge in [0.2, 0.25) is 0 Å². The predicted octanol–water partition coefficient (Wildman–Crippen LogP) is 1.31. The number of amides is 1. The van der Waals surface area contributed by atoms with Crippen molar-refractivity contribution >= 4 is 5.91 Å². The predicted molar refractivity (Wildman–Crippen MR) is 103 cm³/mol. The van der Waals surface area contributed by atoms with Crippen LogP contribution < -0.4 is 10.2 Å². The molecular formula is C21H28N5O+. The van der Waals surface area contributed by atoms with Crippen LogP contribution in [0, 0.1) is 31.1 Å². The van der Waals surface area contributed by atoms with Gasteiger partial charge in [0.1, 0.15) is 12.1 Å². The van der Waals surface area contributed by atoms with Gasteiger partial charge in [-0.15, -0.1) is 0 Å². The maximum atomic E-state index is 12.4. The third-order valence-electron chi connectivity index (χ3n) is 5.41. The summed E-state index contributed by atoms with van der Waals surface area (Å²) in [6, 6.07) is 12.3. The molecule has 27 heavy (non-hydrogen) atoms. The Morgan fingerprint density at radius 1 is 1.37 bits per heavy atom. The fourth-order valence-electron chi connectivity index (χ4n) is 3.61. The molecule has 0 bridgehead atoms. The number of rotatable bonds is 7. The number of carbonyl (C=O) groups excluding carboxylic acids is 1. The maximum Gasteiger partial charge on any atom is 0.276 e. The zero-order valence-electron chi connectivity index (χ0n) is 16.5. The molecule has 1 aromatic heterocycles. The van der Waals surface area contributed by atoms with E-state index < -0.39 is 5.54 Å². The molecule has 1 saturated carbocycles. The maximum absolute atomic E-state index is 12.4. The summed E-state index contributed by atoms with van der Waals surface area (Å²) in [4.78, 5) is 13.5. The van der Waals surface area contributed by atoms with Crippen LogP contribution in [-0.2, 0) is 11.3 Å². The molecule has 1 fully saturated rings. The number of aromatic nitrogens is 2. The lowest BCUT2D eigenvalue weighted by molar-refractivity contribution is -0.885. The molecule has 2 N–H and O–H groups in total. The Labute approximate surface area is 160 Å². The normalized spacial score (nSPS) is 17.0. The van der Waals surface area contributed by atoms with Crippen molar-refractivity contribution in [3.63, 3.8) is 0 Å². The molecule has 6 heteroatoms. The molecule has 2 aromatic rings. The van der Waals surface area contributed by atoms with E-state index in [0.29, 0.717) is 19.0 Å². The zero-order chi connectivity index (χ0) is 19.6. The number of nitriles is 1. The number of hydrogen-bond donors (Lipinski definition) is 2. The SMILES string of the molecule is Cc1nn(-c2ccccc2)c(C)c1C[NH+](C)CC(=O)N[C@@](C)(C#N)C1CC1. The van der Waals surface area contributed by atoms with Gasteiger partial charge >= 0.3 is 0 Å². The van der Waals surface area contributed by atoms with Gasteiger partial charge in [-0.25, -0.2) is 4.68 Å². The summed E-state index contributed by atoms with van der Waals surface area (Å²) in [6.07, 6.45) is 2.04. The number of carbonyl (C=O) groups is 1. The van der Waals surface area contributed by atoms with Crippen LogP contribution in [0.5, 0.6) is 0 Å². The largest absolute Gasteiger partial charge is 0.333 e. The van der Waals surface area contributed by atoms with Crippen molar-refractivity contribution in [2.45, 2.75) is 45.7 Å². The molecule has 1 amide bonds. The molecule has 3 rings (SSSR count). The third kappa shape index (κ3) is 4.20. The summed E-state index contributed by atoms with van der Waals surface area (Å²) in [6.45, 7) is 6.95. The van der Waals surface area contributed by atoms with Crippen LogP contribution in [0.2, 0.25) is 0 Å². The van der Waals surface area contributed by atoms with Crippen LogP contribution in [0.1, 0.15) is 36.7 Å². The topological polar surface area (TPSA) is 75.2 Å². The minimum Gasteiger partial charge on any atom is -0.333 e. The second kappa shape index (κ2) is 7.53. The molecule has 2 atom stereocenters. The van der Waals surface area contributed by atoms with Crippen molar-refractivity contribution in [1.82, 2.24) is 15.1 Å². The Kier molecular flexibility index (Phi) is 5.33. The lowest BCUT2D eigenvalue weighted by Gasteiger charge is -2.23. The smallest absolute Gasteiger partial charge is 0.276 e. The first kappa shape index (κ1) is 19.1. The number of aryl methyl sites for hydroxylation is 1. The molecule has 6 nitrogen and oxygen atoms in total. The van der Waals surface area contributed by atoms with Gasteiger partial charge in [0, 0.05) is 0 Å². The molecule has 1 aromatic carbocycles. The van der Waals surface area contributed by atoms with Crippen LogP contribution in [0.3, 0.4) is 0 Å². The number of nitrogens with zero attached hydrogens (tertiary/aromatic N) is 3. The fourth-order valence-corrected chi connectivity index (χ4v) is 3.61. The van der Waals surface area contributed by atoms with Crippen molar-refractivity contribution in [2.24, 2.45) is 5.92 Å². The molecule has 1 unspecified atom stereocenters. The highest BCUT2D eigenvalue weighted by Crippen LogP contribution is 2.39. The molecule has 1 aliphatic carbocycles. The van der Waals surface area contributed by atoms with E-state index in [1.807, 2.05) is 55.9 Å². The van der Waals surface area contributed by atoms with E-state index in [-0.39, 0.29) is 5.91 Å². The van der Waals surface area contributed by atoms with E-state index in [1.165, 1.54) is 0 Å². The molecule has 1 heterocycles. The molecule has 142 valence electrons. The van der Waals surface area contributed by atoms with Crippen LogP contribution >= 0.6 is 0 Å². The highest BCUT2D eigenvalue weighted by atomic mass is 16.2. The number of nitrogens with one attached hydrogen (secondary N) is 2. The lowest BCUT2D eigenvalue weighted by Crippen LogP contribution is -3.09. The third-order valence-corrected chi connectivity index (χ3v) is 5.41. The Morgan fingerprint density at radius 2 is 2.04 bits per heavy atom. The number of quaternary nitrogens is 1. The highest BCUT2D eigenvalue weighted by molar-refractivity contribution is 5.78. The number of para-hydroxylation sites is 1. The van der Waals surface area contributed by atoms with E-state index in [9.17, 15) is 10.1 Å². The number of hydrogen-bond acceptors (Lipinski definition) is 3. The molecule has 0 aliphatic heterocycles. The van der Waals surface area contributed by atoms with Gasteiger partial charge in [0.15, 0.2) is 6.54 Å². The van der Waals surface area contributed by atoms with Gasteiger partial charge < -0.3 is 10.2 Å². The molecule has 0 saturated heterocycles. The average molecular weight is 366 g/mol. The standard InChI is InChI=1S/C21H27N5O/c1-15-19(16(2)26(24-15)18-8-6-5-7-9-18)12-25(4)13-20(27)23-21(3,14-22)17-10-11-17/h5-9,17H,10-13H2,1-4H3,(H,23,27)/p+1/t21-/m0/s1. The first-order chi connectivity index (χ1) is 12.8. The minimum absolute atomic E-state index is 0.0748. The summed E-state index contributed by atoms with van der Waals surface area (Å²) in [7, 11) is 2.00. The van der Waals surface area contributed by atoms with Gasteiger partial charge in [-0.1, -0.05) is 18.2 Å². The summed E-state index contributed by atoms with van der Waals surface area (Å²) < 4.78 is 1.96. The van der Waals surface area contributed by atoms with Crippen molar-refractivity contribution in [2.75, 3.05) is 13.6 Å². The molecule has 0 spiro atoms. The Balaban J connectivity index is 1.66. The zero-order valence-corrected chi connectivity index (χ0v) is 16.5. The average Bonchev–Trinajstić information content (AvgIpc) is 3.46. The second-order valence-corrected chi connectivity index (χ2v) is 7.84. The minimum atomic E-state index is -0.735. The highest BCUT2D eigenvalue weighted by Gasteiger charge is 2.43. The van der Waals surface area contributed by atoms with Crippen molar-refractivity contribution < 1.29 is 9.69 Å². The lowest BCUT2D eigenvalue weighted by atomic mass is 9.98. The summed E-state index contributed by atoms with van der Waals surface area (Å²) in [5.74, 6) is 0.217. The van der Waals surface area contributed by atoms with E-state index in [1.54, 1.807) is 0 Å². The van der Waals surface area contributed by atoms with E-state index in [4.69, 9.17) is 0 Å². The first-order valence-corrected chi connectivity index (χ1v) is 9.48. The number of likely N-dealkylation sites (N-methyl/N-ethyl adjacent to an activating group) is 1. The summed E-state index contributed by atoms with van der Waals surface area (Å²) in [5.41, 5.74) is 3.54. The van der Waals surface area contributed by atoms with Gasteiger partial charge in [0.05, 0.1) is 35.8 Å². The fraction of sp³-hybridized carbons (Fsp3) is 0.476. The van der Waals surface area contributed by atoms with Crippen LogP contribution in [-0.4, -0.2) is 34.8 Å². The van der Waals surface area contributed by atoms with Crippen LogP contribution in [0.4, 0.5) is 0 Å². The van der Waals surface area contributed by atoms with Crippen molar-refractivity contribution in [3.8, 4) is 11.8 Å². The van der Waals surface area contributed by atoms with E-state index in [0.717, 1.165) is 40.4 Å². The first-order valence-electron chi connectivity index (χ1n) is 9.48. The Morgan fingerprint density at radius 3 is 2.63 bits per heavy atom. The number of benzene rings is 1. The van der Waals surface area contributed by atoms with Gasteiger partial charge in [-0.05, 0) is 51.7 Å². The van der Waals surface area contributed by atoms with Crippen LogP contribution in [0.15, 0.2) is 30.3 Å². The van der Waals surface area contributed by atoms with E-state index >= 15 is 0 Å². The quantitative estimate of drug-likeness (QED) is 0.776. The van der Waals surface area contributed by atoms with Crippen molar-refractivity contribution in [1.29, 1.82) is 5.26 Å². The molecule has 0 radical (unpaired) electrons. The summed E-state index contributed by atoms with van der Waals surface area (Å²) in [5, 5.41) is 17.0. The Hall–Kier alpha value is -2.65. The second-order valence-electron chi connectivity index (χ2n) is 7.84. The summed E-state index contributed by atoms with van der Waals surface area (Å²) >= 11 is 0. The van der Waals surface area contributed by atoms with Gasteiger partial charge in [-0.2, -0.15) is 10.4 Å². The Bertz CT molecular complexity index is 863. The monoisotopic (exact) mass is 366 g/mol.